The first-order chi connectivity index (χ1) is 12.8. The van der Waals surface area contributed by atoms with Crippen LogP contribution >= 0.6 is 11.3 Å². The minimum absolute atomic E-state index is 0.652. The van der Waals surface area contributed by atoms with Crippen molar-refractivity contribution >= 4 is 33.5 Å². The van der Waals surface area contributed by atoms with E-state index in [1.165, 1.54) is 5.52 Å². The second kappa shape index (κ2) is 7.74. The summed E-state index contributed by atoms with van der Waals surface area (Å²) in [5.41, 5.74) is 8.39. The van der Waals surface area contributed by atoms with E-state index < -0.39 is 0 Å². The summed E-state index contributed by atoms with van der Waals surface area (Å²) < 4.78 is 2.17. The monoisotopic (exact) mass is 369 g/mol. The SMILES string of the molecule is NC(=NCCCn1cnc2ccccc21)N1CCN(c2nccs2)CC1. The van der Waals surface area contributed by atoms with Gasteiger partial charge in [0.1, 0.15) is 0 Å². The van der Waals surface area contributed by atoms with Crippen LogP contribution in [-0.4, -0.2) is 58.1 Å². The maximum absolute atomic E-state index is 6.19. The van der Waals surface area contributed by atoms with E-state index >= 15 is 0 Å². The average molecular weight is 369 g/mol. The molecular formula is C18H23N7S. The fourth-order valence-corrected chi connectivity index (χ4v) is 3.92. The van der Waals surface area contributed by atoms with Gasteiger partial charge in [-0.05, 0) is 18.6 Å². The first-order valence-electron chi connectivity index (χ1n) is 8.90. The Labute approximate surface area is 156 Å². The van der Waals surface area contributed by atoms with Crippen LogP contribution in [0.25, 0.3) is 11.0 Å². The van der Waals surface area contributed by atoms with Crippen LogP contribution in [0.2, 0.25) is 0 Å². The van der Waals surface area contributed by atoms with Crippen molar-refractivity contribution in [1.29, 1.82) is 0 Å². The molecule has 0 amide bonds. The quantitative estimate of drug-likeness (QED) is 0.423. The summed E-state index contributed by atoms with van der Waals surface area (Å²) in [4.78, 5) is 17.8. The maximum Gasteiger partial charge on any atom is 0.191 e. The Hall–Kier alpha value is -2.61. The number of fused-ring (bicyclic) bond motifs is 1. The molecule has 4 rings (SSSR count). The third kappa shape index (κ3) is 3.65. The number of nitrogens with zero attached hydrogens (tertiary/aromatic N) is 6. The molecule has 1 aliphatic heterocycles. The zero-order valence-electron chi connectivity index (χ0n) is 14.7. The largest absolute Gasteiger partial charge is 0.370 e. The number of hydrogen-bond acceptors (Lipinski definition) is 5. The number of hydrogen-bond donors (Lipinski definition) is 1. The Balaban J connectivity index is 1.25. The number of piperazine rings is 1. The molecule has 7 nitrogen and oxygen atoms in total. The molecular weight excluding hydrogens is 346 g/mol. The number of anilines is 1. The fraction of sp³-hybridized carbons (Fsp3) is 0.389. The van der Waals surface area contributed by atoms with Gasteiger partial charge in [-0.3, -0.25) is 4.99 Å². The number of para-hydroxylation sites is 2. The van der Waals surface area contributed by atoms with Crippen LogP contribution in [-0.2, 0) is 6.54 Å². The molecule has 1 saturated heterocycles. The van der Waals surface area contributed by atoms with Crippen LogP contribution in [0.1, 0.15) is 6.42 Å². The van der Waals surface area contributed by atoms with Gasteiger partial charge in [0.05, 0.1) is 17.4 Å². The summed E-state index contributed by atoms with van der Waals surface area (Å²) in [6.07, 6.45) is 4.70. The number of benzene rings is 1. The van der Waals surface area contributed by atoms with Crippen LogP contribution in [0.3, 0.4) is 0 Å². The lowest BCUT2D eigenvalue weighted by Crippen LogP contribution is -2.51. The van der Waals surface area contributed by atoms with Gasteiger partial charge in [-0.25, -0.2) is 9.97 Å². The standard InChI is InChI=1S/C18H23N7S/c19-17(23-9-11-24(12-10-23)18-21-7-13-26-18)20-6-3-8-25-14-22-15-4-1-2-5-16(15)25/h1-2,4-5,7,13-14H,3,6,8-12H2,(H2,19,20). The Bertz CT molecular complexity index is 863. The smallest absolute Gasteiger partial charge is 0.191 e. The summed E-state index contributed by atoms with van der Waals surface area (Å²) in [5, 5.41) is 3.11. The van der Waals surface area contributed by atoms with Gasteiger partial charge in [-0.15, -0.1) is 11.3 Å². The van der Waals surface area contributed by atoms with E-state index in [1.54, 1.807) is 11.3 Å². The lowest BCUT2D eigenvalue weighted by molar-refractivity contribution is 0.380. The number of thiazole rings is 1. The predicted octanol–water partition coefficient (Wildman–Crippen LogP) is 2.02. The Kier molecular flexibility index (Phi) is 5.01. The lowest BCUT2D eigenvalue weighted by atomic mass is 10.3. The van der Waals surface area contributed by atoms with Gasteiger partial charge >= 0.3 is 0 Å². The zero-order valence-corrected chi connectivity index (χ0v) is 15.5. The van der Waals surface area contributed by atoms with Crippen molar-refractivity contribution in [3.8, 4) is 0 Å². The maximum atomic E-state index is 6.19. The van der Waals surface area contributed by atoms with Gasteiger partial charge in [0.2, 0.25) is 0 Å². The van der Waals surface area contributed by atoms with Crippen molar-refractivity contribution in [3.63, 3.8) is 0 Å². The molecule has 0 saturated carbocycles. The first kappa shape index (κ1) is 16.8. The van der Waals surface area contributed by atoms with Crippen molar-refractivity contribution in [1.82, 2.24) is 19.4 Å². The van der Waals surface area contributed by atoms with Gasteiger partial charge < -0.3 is 20.1 Å². The molecule has 0 spiro atoms. The molecule has 26 heavy (non-hydrogen) atoms. The number of aliphatic imine (C=N–C) groups is 1. The Morgan fingerprint density at radius 2 is 2.00 bits per heavy atom. The topological polar surface area (TPSA) is 75.6 Å². The lowest BCUT2D eigenvalue weighted by Gasteiger charge is -2.35. The molecule has 0 atom stereocenters. The fourth-order valence-electron chi connectivity index (χ4n) is 3.22. The first-order valence-corrected chi connectivity index (χ1v) is 9.78. The summed E-state index contributed by atoms with van der Waals surface area (Å²) in [6.45, 7) is 5.28. The number of guanidine groups is 1. The number of nitrogens with two attached hydrogens (primary N) is 1. The van der Waals surface area contributed by atoms with Crippen LogP contribution in [0.15, 0.2) is 47.2 Å². The minimum Gasteiger partial charge on any atom is -0.370 e. The highest BCUT2D eigenvalue weighted by Crippen LogP contribution is 2.18. The summed E-state index contributed by atoms with van der Waals surface area (Å²) in [7, 11) is 0. The van der Waals surface area contributed by atoms with E-state index in [1.807, 2.05) is 36.1 Å². The van der Waals surface area contributed by atoms with Crippen LogP contribution in [0.5, 0.6) is 0 Å². The van der Waals surface area contributed by atoms with Crippen LogP contribution < -0.4 is 10.6 Å². The van der Waals surface area contributed by atoms with Gasteiger partial charge in [0.15, 0.2) is 11.1 Å². The summed E-state index contributed by atoms with van der Waals surface area (Å²) in [5.74, 6) is 0.652. The average Bonchev–Trinajstić information content (AvgIpc) is 3.35. The number of rotatable bonds is 5. The van der Waals surface area contributed by atoms with Crippen LogP contribution in [0.4, 0.5) is 5.13 Å². The summed E-state index contributed by atoms with van der Waals surface area (Å²) in [6, 6.07) is 8.19. The highest BCUT2D eigenvalue weighted by Gasteiger charge is 2.19. The third-order valence-electron chi connectivity index (χ3n) is 4.65. The van der Waals surface area contributed by atoms with Crippen LogP contribution in [0, 0.1) is 0 Å². The second-order valence-corrected chi connectivity index (χ2v) is 7.18. The van der Waals surface area contributed by atoms with E-state index in [9.17, 15) is 0 Å². The minimum atomic E-state index is 0.652. The molecule has 1 aliphatic rings. The van der Waals surface area contributed by atoms with Crippen molar-refractivity contribution in [2.45, 2.75) is 13.0 Å². The van der Waals surface area contributed by atoms with Crippen molar-refractivity contribution < 1.29 is 0 Å². The molecule has 8 heteroatoms. The van der Waals surface area contributed by atoms with Crippen molar-refractivity contribution in [2.24, 2.45) is 10.7 Å². The van der Waals surface area contributed by atoms with Gasteiger partial charge in [0.25, 0.3) is 0 Å². The molecule has 0 radical (unpaired) electrons. The van der Waals surface area contributed by atoms with E-state index in [0.717, 1.165) is 56.3 Å². The highest BCUT2D eigenvalue weighted by atomic mass is 32.1. The molecule has 136 valence electrons. The predicted molar refractivity (Wildman–Crippen MR) is 107 cm³/mol. The molecule has 3 heterocycles. The molecule has 0 bridgehead atoms. The molecule has 3 aromatic rings. The zero-order chi connectivity index (χ0) is 17.8. The molecule has 2 N–H and O–H groups in total. The van der Waals surface area contributed by atoms with Gasteiger partial charge in [-0.1, -0.05) is 12.1 Å². The molecule has 2 aromatic heterocycles. The van der Waals surface area contributed by atoms with E-state index in [0.29, 0.717) is 5.96 Å². The summed E-state index contributed by atoms with van der Waals surface area (Å²) >= 11 is 1.68. The van der Waals surface area contributed by atoms with E-state index in [2.05, 4.69) is 35.4 Å². The number of aromatic nitrogens is 3. The normalized spacial score (nSPS) is 15.8. The Morgan fingerprint density at radius 1 is 1.15 bits per heavy atom. The van der Waals surface area contributed by atoms with Crippen molar-refractivity contribution in [2.75, 3.05) is 37.6 Å². The molecule has 0 aliphatic carbocycles. The molecule has 1 aromatic carbocycles. The highest BCUT2D eigenvalue weighted by molar-refractivity contribution is 7.13. The third-order valence-corrected chi connectivity index (χ3v) is 5.48. The molecule has 0 unspecified atom stereocenters. The van der Waals surface area contributed by atoms with E-state index in [4.69, 9.17) is 5.73 Å². The van der Waals surface area contributed by atoms with Crippen molar-refractivity contribution in [3.05, 3.63) is 42.2 Å². The number of imidazole rings is 1. The second-order valence-electron chi connectivity index (χ2n) is 6.31. The van der Waals surface area contributed by atoms with Gasteiger partial charge in [0, 0.05) is 50.8 Å². The van der Waals surface area contributed by atoms with Gasteiger partial charge in [-0.2, -0.15) is 0 Å². The number of aryl methyl sites for hydroxylation is 1. The van der Waals surface area contributed by atoms with E-state index in [-0.39, 0.29) is 0 Å². The Morgan fingerprint density at radius 3 is 2.81 bits per heavy atom. The molecule has 1 fully saturated rings.